The molecule has 0 fully saturated rings. The Morgan fingerprint density at radius 2 is 2.11 bits per heavy atom. The topological polar surface area (TPSA) is 17.1 Å². The lowest BCUT2D eigenvalue weighted by Gasteiger charge is -1.78. The van der Waals surface area contributed by atoms with Crippen LogP contribution in [0, 0.1) is 0 Å². The molecule has 1 heteroatoms. The Kier molecular flexibility index (Phi) is 4.85. The third kappa shape index (κ3) is 7.19. The molecule has 50 valence electrons. The van der Waals surface area contributed by atoms with E-state index in [2.05, 4.69) is 5.73 Å². The molecule has 0 N–H and O–H groups in total. The molecule has 0 heterocycles. The van der Waals surface area contributed by atoms with E-state index in [0.29, 0.717) is 6.42 Å². The van der Waals surface area contributed by atoms with Gasteiger partial charge in [0.1, 0.15) is 6.29 Å². The van der Waals surface area contributed by atoms with E-state index < -0.39 is 0 Å². The van der Waals surface area contributed by atoms with Crippen LogP contribution in [0.4, 0.5) is 0 Å². The van der Waals surface area contributed by atoms with E-state index in [1.54, 1.807) is 0 Å². The van der Waals surface area contributed by atoms with E-state index in [9.17, 15) is 4.79 Å². The van der Waals surface area contributed by atoms with E-state index in [-0.39, 0.29) is 0 Å². The number of carbonyl (C=O) groups excluding carboxylic acids is 1. The summed E-state index contributed by atoms with van der Waals surface area (Å²) < 4.78 is 0. The van der Waals surface area contributed by atoms with Crippen molar-refractivity contribution in [3.63, 3.8) is 0 Å². The molecule has 0 aliphatic rings. The van der Waals surface area contributed by atoms with Crippen molar-refractivity contribution < 1.29 is 4.79 Å². The van der Waals surface area contributed by atoms with Gasteiger partial charge in [-0.3, -0.25) is 0 Å². The van der Waals surface area contributed by atoms with E-state index in [4.69, 9.17) is 0 Å². The predicted octanol–water partition coefficient (Wildman–Crippen LogP) is 2.09. The molecule has 0 aromatic heterocycles. The highest BCUT2D eigenvalue weighted by Crippen LogP contribution is 1.88. The van der Waals surface area contributed by atoms with Gasteiger partial charge in [-0.25, -0.2) is 0 Å². The molecule has 0 aromatic carbocycles. The fourth-order valence-corrected chi connectivity index (χ4v) is 0.428. The number of allylic oxidation sites excluding steroid dienone is 1. The van der Waals surface area contributed by atoms with Crippen molar-refractivity contribution in [1.82, 2.24) is 0 Å². The average Bonchev–Trinajstić information content (AvgIpc) is 1.80. The van der Waals surface area contributed by atoms with Crippen molar-refractivity contribution in [3.8, 4) is 0 Å². The predicted molar refractivity (Wildman–Crippen MR) is 38.2 cm³/mol. The molecule has 0 bridgehead atoms. The minimum atomic E-state index is 0.611. The van der Waals surface area contributed by atoms with Crippen LogP contribution >= 0.6 is 0 Å². The molecule has 9 heavy (non-hydrogen) atoms. The first-order chi connectivity index (χ1) is 4.27. The summed E-state index contributed by atoms with van der Waals surface area (Å²) in [6.07, 6.45) is 4.24. The van der Waals surface area contributed by atoms with Crippen LogP contribution < -0.4 is 0 Å². The molecule has 0 aliphatic carbocycles. The van der Waals surface area contributed by atoms with Gasteiger partial charge in [-0.2, -0.15) is 0 Å². The molecule has 0 rings (SSSR count). The fourth-order valence-electron chi connectivity index (χ4n) is 0.428. The monoisotopic (exact) mass is 124 g/mol. The quantitative estimate of drug-likeness (QED) is 0.320. The Bertz CT molecular complexity index is 135. The van der Waals surface area contributed by atoms with Gasteiger partial charge in [0.25, 0.3) is 0 Å². The van der Waals surface area contributed by atoms with E-state index in [1.165, 1.54) is 0 Å². The Balaban J connectivity index is 3.47. The standard InChI is InChI=1S/C8H12O/c1-8(2)6-4-3-5-7-9/h4,7H,3,5H2,1-2H3. The van der Waals surface area contributed by atoms with Crippen LogP contribution in [0.3, 0.4) is 0 Å². The number of aldehydes is 1. The van der Waals surface area contributed by atoms with E-state index in [0.717, 1.165) is 18.3 Å². The van der Waals surface area contributed by atoms with Gasteiger partial charge in [0.05, 0.1) is 0 Å². The lowest BCUT2D eigenvalue weighted by Crippen LogP contribution is -1.68. The van der Waals surface area contributed by atoms with Crippen molar-refractivity contribution in [2.45, 2.75) is 26.7 Å². The number of hydrogen-bond acceptors (Lipinski definition) is 1. The first kappa shape index (κ1) is 8.19. The molecule has 1 nitrogen and oxygen atoms in total. The Labute approximate surface area is 56.1 Å². The molecule has 0 atom stereocenters. The maximum Gasteiger partial charge on any atom is 0.120 e. The van der Waals surface area contributed by atoms with Gasteiger partial charge >= 0.3 is 0 Å². The van der Waals surface area contributed by atoms with Crippen LogP contribution in [-0.2, 0) is 4.79 Å². The lowest BCUT2D eigenvalue weighted by atomic mass is 10.3. The third-order valence-electron chi connectivity index (χ3n) is 0.820. The minimum Gasteiger partial charge on any atom is -0.303 e. The normalized spacial score (nSPS) is 7.78. The molecule has 0 aromatic rings. The summed E-state index contributed by atoms with van der Waals surface area (Å²) in [4.78, 5) is 9.79. The smallest absolute Gasteiger partial charge is 0.120 e. The second kappa shape index (κ2) is 5.33. The maximum absolute atomic E-state index is 9.79. The van der Waals surface area contributed by atoms with Crippen molar-refractivity contribution in [1.29, 1.82) is 0 Å². The highest BCUT2D eigenvalue weighted by Gasteiger charge is 1.74. The highest BCUT2D eigenvalue weighted by molar-refractivity contribution is 5.49. The SMILES string of the molecule is CC(C)=C=CCCC=O. The third-order valence-corrected chi connectivity index (χ3v) is 0.820. The van der Waals surface area contributed by atoms with Crippen molar-refractivity contribution in [2.24, 2.45) is 0 Å². The van der Waals surface area contributed by atoms with E-state index in [1.807, 2.05) is 19.9 Å². The zero-order valence-electron chi connectivity index (χ0n) is 5.98. The lowest BCUT2D eigenvalue weighted by molar-refractivity contribution is -0.107. The number of carbonyl (C=O) groups is 1. The van der Waals surface area contributed by atoms with E-state index >= 15 is 0 Å². The van der Waals surface area contributed by atoms with Gasteiger partial charge in [-0.1, -0.05) is 0 Å². The summed E-state index contributed by atoms with van der Waals surface area (Å²) >= 11 is 0. The molecule has 0 aliphatic heterocycles. The average molecular weight is 124 g/mol. The molecule has 0 saturated carbocycles. The number of hydrogen-bond donors (Lipinski definition) is 0. The molecule has 0 unspecified atom stereocenters. The van der Waals surface area contributed by atoms with Gasteiger partial charge in [0.2, 0.25) is 0 Å². The van der Waals surface area contributed by atoms with Gasteiger partial charge in [0.15, 0.2) is 0 Å². The van der Waals surface area contributed by atoms with Crippen LogP contribution in [0.25, 0.3) is 0 Å². The summed E-state index contributed by atoms with van der Waals surface area (Å²) in [5.74, 6) is 0. The van der Waals surface area contributed by atoms with Crippen molar-refractivity contribution >= 4 is 6.29 Å². The van der Waals surface area contributed by atoms with Gasteiger partial charge in [0, 0.05) is 6.42 Å². The van der Waals surface area contributed by atoms with Crippen molar-refractivity contribution in [3.05, 3.63) is 17.4 Å². The first-order valence-corrected chi connectivity index (χ1v) is 3.09. The zero-order chi connectivity index (χ0) is 7.11. The molecule has 0 spiro atoms. The van der Waals surface area contributed by atoms with Crippen LogP contribution in [0.5, 0.6) is 0 Å². The van der Waals surface area contributed by atoms with Crippen LogP contribution in [0.15, 0.2) is 17.4 Å². The number of unbranched alkanes of at least 4 members (excludes halogenated alkanes) is 1. The van der Waals surface area contributed by atoms with Gasteiger partial charge in [-0.05, 0) is 31.9 Å². The van der Waals surface area contributed by atoms with Crippen LogP contribution in [-0.4, -0.2) is 6.29 Å². The van der Waals surface area contributed by atoms with Crippen molar-refractivity contribution in [2.75, 3.05) is 0 Å². The largest absolute Gasteiger partial charge is 0.303 e. The van der Waals surface area contributed by atoms with Gasteiger partial charge < -0.3 is 4.79 Å². The summed E-state index contributed by atoms with van der Waals surface area (Å²) in [7, 11) is 0. The second-order valence-electron chi connectivity index (χ2n) is 2.09. The zero-order valence-corrected chi connectivity index (χ0v) is 5.98. The number of rotatable bonds is 3. The fraction of sp³-hybridized carbons (Fsp3) is 0.500. The minimum absolute atomic E-state index is 0.611. The molecule has 0 radical (unpaired) electrons. The summed E-state index contributed by atoms with van der Waals surface area (Å²) in [6.45, 7) is 3.97. The molecular formula is C8H12O. The molecule has 0 saturated heterocycles. The maximum atomic E-state index is 9.79. The second-order valence-corrected chi connectivity index (χ2v) is 2.09. The molecular weight excluding hydrogens is 112 g/mol. The summed E-state index contributed by atoms with van der Waals surface area (Å²) in [6, 6.07) is 0. The summed E-state index contributed by atoms with van der Waals surface area (Å²) in [5.41, 5.74) is 4.17. The van der Waals surface area contributed by atoms with Gasteiger partial charge in [-0.15, -0.1) is 5.73 Å². The summed E-state index contributed by atoms with van der Waals surface area (Å²) in [5, 5.41) is 0. The molecule has 0 amide bonds. The Morgan fingerprint density at radius 1 is 1.44 bits per heavy atom. The Morgan fingerprint density at radius 3 is 2.56 bits per heavy atom. The van der Waals surface area contributed by atoms with Crippen LogP contribution in [0.2, 0.25) is 0 Å². The highest BCUT2D eigenvalue weighted by atomic mass is 16.1. The first-order valence-electron chi connectivity index (χ1n) is 3.09. The Hall–Kier alpha value is -0.810. The van der Waals surface area contributed by atoms with Crippen LogP contribution in [0.1, 0.15) is 26.7 Å².